The molecule has 12 heavy (non-hydrogen) atoms. The van der Waals surface area contributed by atoms with E-state index in [2.05, 4.69) is 11.9 Å². The van der Waals surface area contributed by atoms with Gasteiger partial charge in [0.15, 0.2) is 0 Å². The number of carboxylic acid groups (broad SMARTS) is 1. The number of hydrogen-bond donors (Lipinski definition) is 2. The fourth-order valence-electron chi connectivity index (χ4n) is 0.508. The maximum absolute atomic E-state index is 10.1. The lowest BCUT2D eigenvalue weighted by Gasteiger charge is -1.79. The number of amides is 2. The lowest BCUT2D eigenvalue weighted by Crippen LogP contribution is -2.18. The van der Waals surface area contributed by atoms with Crippen molar-refractivity contribution in [1.82, 2.24) is 5.32 Å². The summed E-state index contributed by atoms with van der Waals surface area (Å²) in [6, 6.07) is 0. The van der Waals surface area contributed by atoms with Crippen molar-refractivity contribution in [2.75, 3.05) is 0 Å². The minimum absolute atomic E-state index is 0.148. The highest BCUT2D eigenvalue weighted by atomic mass is 16.4. The fourth-order valence-corrected chi connectivity index (χ4v) is 0.508. The molecule has 0 unspecified atom stereocenters. The van der Waals surface area contributed by atoms with Crippen molar-refractivity contribution in [1.29, 1.82) is 0 Å². The van der Waals surface area contributed by atoms with Crippen molar-refractivity contribution in [2.24, 2.45) is 0 Å². The van der Waals surface area contributed by atoms with Gasteiger partial charge in [0.1, 0.15) is 0 Å². The van der Waals surface area contributed by atoms with E-state index in [-0.39, 0.29) is 11.8 Å². The zero-order valence-corrected chi connectivity index (χ0v) is 6.37. The number of carbonyl (C=O) groups is 3. The quantitative estimate of drug-likeness (QED) is 0.418. The van der Waals surface area contributed by atoms with E-state index in [1.54, 1.807) is 0 Å². The minimum Gasteiger partial charge on any atom is -0.478 e. The summed E-state index contributed by atoms with van der Waals surface area (Å²) in [6.45, 7) is 2.96. The van der Waals surface area contributed by atoms with Gasteiger partial charge in [-0.2, -0.15) is 0 Å². The van der Waals surface area contributed by atoms with E-state index < -0.39 is 5.97 Å². The molecule has 0 aromatic rings. The average molecular weight is 171 g/mol. The first-order valence-corrected chi connectivity index (χ1v) is 3.24. The van der Waals surface area contributed by atoms with Crippen molar-refractivity contribution < 1.29 is 19.5 Å². The van der Waals surface area contributed by atoms with Crippen molar-refractivity contribution in [2.45, 2.75) is 12.8 Å². The van der Waals surface area contributed by atoms with Crippen LogP contribution in [0.1, 0.15) is 12.8 Å². The van der Waals surface area contributed by atoms with E-state index in [4.69, 9.17) is 5.11 Å². The Morgan fingerprint density at radius 1 is 1.42 bits per heavy atom. The second-order valence-electron chi connectivity index (χ2n) is 2.01. The third-order valence-electron chi connectivity index (χ3n) is 1.03. The monoisotopic (exact) mass is 171 g/mol. The fraction of sp³-hybridized carbons (Fsp3) is 0.286. The smallest absolute Gasteiger partial charge is 0.327 e. The van der Waals surface area contributed by atoms with Crippen LogP contribution in [-0.2, 0) is 14.4 Å². The lowest BCUT2D eigenvalue weighted by atomic mass is 10.4. The summed E-state index contributed by atoms with van der Waals surface area (Å²) in [5.74, 6) is -1.28. The number of hydrogen-bond acceptors (Lipinski definition) is 3. The minimum atomic E-state index is -0.981. The standard InChI is InChI=1S/C4H5NO2.C3H4O2/c6-3-1-2-4(7)5-3;1-2-3(4)5/h1-2H2,(H,5,6,7);2H,1H2,(H,4,5). The Kier molecular flexibility index (Phi) is 4.36. The third-order valence-corrected chi connectivity index (χ3v) is 1.03. The highest BCUT2D eigenvalue weighted by Crippen LogP contribution is 1.95. The van der Waals surface area contributed by atoms with Gasteiger partial charge in [0.2, 0.25) is 11.8 Å². The molecule has 5 heteroatoms. The summed E-state index contributed by atoms with van der Waals surface area (Å²) in [4.78, 5) is 29.5. The Balaban J connectivity index is 0.000000217. The predicted octanol–water partition coefficient (Wildman–Crippen LogP) is -0.320. The molecule has 66 valence electrons. The van der Waals surface area contributed by atoms with Gasteiger partial charge < -0.3 is 5.11 Å². The Morgan fingerprint density at radius 2 is 1.75 bits per heavy atom. The molecule has 0 bridgehead atoms. The molecule has 2 N–H and O–H groups in total. The molecule has 0 atom stereocenters. The molecule has 0 aromatic carbocycles. The number of imide groups is 1. The van der Waals surface area contributed by atoms with Crippen LogP contribution in [0.5, 0.6) is 0 Å². The van der Waals surface area contributed by atoms with Crippen LogP contribution >= 0.6 is 0 Å². The second kappa shape index (κ2) is 5.06. The van der Waals surface area contributed by atoms with Crippen molar-refractivity contribution in [3.8, 4) is 0 Å². The predicted molar refractivity (Wildman–Crippen MR) is 40.2 cm³/mol. The highest BCUT2D eigenvalue weighted by molar-refractivity contribution is 6.01. The molecule has 1 rings (SSSR count). The third kappa shape index (κ3) is 5.16. The van der Waals surface area contributed by atoms with Gasteiger partial charge in [-0.25, -0.2) is 4.79 Å². The number of carboxylic acids is 1. The largest absolute Gasteiger partial charge is 0.478 e. The average Bonchev–Trinajstić information content (AvgIpc) is 2.36. The Bertz CT molecular complexity index is 207. The molecular formula is C7H9NO4. The molecule has 0 radical (unpaired) electrons. The Hall–Kier alpha value is -1.65. The van der Waals surface area contributed by atoms with E-state index in [0.29, 0.717) is 12.8 Å². The van der Waals surface area contributed by atoms with Crippen LogP contribution in [0.4, 0.5) is 0 Å². The van der Waals surface area contributed by atoms with Gasteiger partial charge in [0.05, 0.1) is 0 Å². The topological polar surface area (TPSA) is 83.5 Å². The van der Waals surface area contributed by atoms with E-state index in [9.17, 15) is 14.4 Å². The van der Waals surface area contributed by atoms with Gasteiger partial charge >= 0.3 is 5.97 Å². The Morgan fingerprint density at radius 3 is 1.83 bits per heavy atom. The maximum Gasteiger partial charge on any atom is 0.327 e. The summed E-state index contributed by atoms with van der Waals surface area (Å²) in [5, 5.41) is 9.74. The summed E-state index contributed by atoms with van der Waals surface area (Å²) in [7, 11) is 0. The molecular weight excluding hydrogens is 162 g/mol. The van der Waals surface area contributed by atoms with Gasteiger partial charge in [0.25, 0.3) is 0 Å². The van der Waals surface area contributed by atoms with Crippen LogP contribution < -0.4 is 5.32 Å². The molecule has 1 aliphatic rings. The zero-order chi connectivity index (χ0) is 9.56. The van der Waals surface area contributed by atoms with E-state index in [1.807, 2.05) is 0 Å². The van der Waals surface area contributed by atoms with Crippen molar-refractivity contribution >= 4 is 17.8 Å². The van der Waals surface area contributed by atoms with Gasteiger partial charge in [-0.1, -0.05) is 6.58 Å². The van der Waals surface area contributed by atoms with Crippen LogP contribution in [0.25, 0.3) is 0 Å². The van der Waals surface area contributed by atoms with Gasteiger partial charge in [-0.05, 0) is 0 Å². The normalized spacial score (nSPS) is 14.3. The summed E-state index contributed by atoms with van der Waals surface area (Å²) in [6.07, 6.45) is 1.58. The van der Waals surface area contributed by atoms with Crippen molar-refractivity contribution in [3.05, 3.63) is 12.7 Å². The van der Waals surface area contributed by atoms with E-state index >= 15 is 0 Å². The highest BCUT2D eigenvalue weighted by Gasteiger charge is 2.15. The van der Waals surface area contributed by atoms with Crippen molar-refractivity contribution in [3.63, 3.8) is 0 Å². The summed E-state index contributed by atoms with van der Waals surface area (Å²) < 4.78 is 0. The second-order valence-corrected chi connectivity index (χ2v) is 2.01. The Labute approximate surface area is 69.1 Å². The first-order valence-electron chi connectivity index (χ1n) is 3.24. The summed E-state index contributed by atoms with van der Waals surface area (Å²) in [5.41, 5.74) is 0. The van der Waals surface area contributed by atoms with Crippen LogP contribution in [0, 0.1) is 0 Å². The van der Waals surface area contributed by atoms with Crippen LogP contribution in [0.2, 0.25) is 0 Å². The molecule has 1 heterocycles. The van der Waals surface area contributed by atoms with E-state index in [1.165, 1.54) is 0 Å². The lowest BCUT2D eigenvalue weighted by molar-refractivity contribution is -0.131. The number of rotatable bonds is 1. The molecule has 2 amide bonds. The first kappa shape index (κ1) is 10.3. The molecule has 0 spiro atoms. The molecule has 1 saturated heterocycles. The molecule has 0 aromatic heterocycles. The SMILES string of the molecule is C=CC(=O)O.O=C1CCC(=O)N1. The van der Waals surface area contributed by atoms with Crippen LogP contribution in [0.3, 0.4) is 0 Å². The summed E-state index contributed by atoms with van der Waals surface area (Å²) >= 11 is 0. The van der Waals surface area contributed by atoms with Crippen LogP contribution in [-0.4, -0.2) is 22.9 Å². The maximum atomic E-state index is 10.1. The zero-order valence-electron chi connectivity index (χ0n) is 6.37. The molecule has 0 saturated carbocycles. The number of carbonyl (C=O) groups excluding carboxylic acids is 2. The van der Waals surface area contributed by atoms with E-state index in [0.717, 1.165) is 6.08 Å². The molecule has 1 aliphatic heterocycles. The van der Waals surface area contributed by atoms with Gasteiger partial charge in [-0.3, -0.25) is 14.9 Å². The van der Waals surface area contributed by atoms with Gasteiger partial charge in [0, 0.05) is 18.9 Å². The number of nitrogens with one attached hydrogen (secondary N) is 1. The number of aliphatic carboxylic acids is 1. The van der Waals surface area contributed by atoms with Gasteiger partial charge in [-0.15, -0.1) is 0 Å². The molecule has 0 aliphatic carbocycles. The first-order chi connectivity index (χ1) is 5.56. The molecule has 5 nitrogen and oxygen atoms in total. The van der Waals surface area contributed by atoms with Crippen LogP contribution in [0.15, 0.2) is 12.7 Å². The molecule has 1 fully saturated rings.